The van der Waals surface area contributed by atoms with Gasteiger partial charge in [0.1, 0.15) is 5.82 Å². The molecule has 2 nitrogen and oxygen atoms in total. The predicted octanol–water partition coefficient (Wildman–Crippen LogP) is 2.76. The van der Waals surface area contributed by atoms with Crippen LogP contribution < -0.4 is 0 Å². The first kappa shape index (κ1) is 14.0. The molecule has 0 aliphatic rings. The lowest BCUT2D eigenvalue weighted by Gasteiger charge is -2.06. The van der Waals surface area contributed by atoms with Crippen LogP contribution in [-0.4, -0.2) is 12.6 Å². The number of ether oxygens (including phenoxy) is 1. The SMILES string of the molecule is CCOC(=O)C#Cc1ccc(C(F)(F)F)cc1F. The zero-order valence-electron chi connectivity index (χ0n) is 9.27. The summed E-state index contributed by atoms with van der Waals surface area (Å²) >= 11 is 0. The molecule has 0 aliphatic heterocycles. The molecule has 0 heterocycles. The van der Waals surface area contributed by atoms with Crippen LogP contribution in [0.5, 0.6) is 0 Å². The number of halogens is 4. The van der Waals surface area contributed by atoms with Gasteiger partial charge in [-0.2, -0.15) is 13.2 Å². The van der Waals surface area contributed by atoms with Crippen molar-refractivity contribution in [2.45, 2.75) is 13.1 Å². The lowest BCUT2D eigenvalue weighted by atomic mass is 10.1. The molecule has 96 valence electrons. The summed E-state index contributed by atoms with van der Waals surface area (Å²) in [6, 6.07) is 1.89. The van der Waals surface area contributed by atoms with E-state index in [-0.39, 0.29) is 12.2 Å². The normalized spacial score (nSPS) is 10.5. The second-order valence-corrected chi connectivity index (χ2v) is 3.16. The molecular formula is C12H8F4O2. The number of rotatable bonds is 1. The number of carbonyl (C=O) groups excluding carboxylic acids is 1. The summed E-state index contributed by atoms with van der Waals surface area (Å²) in [5.74, 6) is 2.07. The third kappa shape index (κ3) is 3.77. The topological polar surface area (TPSA) is 26.3 Å². The Labute approximate surface area is 101 Å². The minimum atomic E-state index is -4.62. The van der Waals surface area contributed by atoms with Gasteiger partial charge in [-0.05, 0) is 25.1 Å². The van der Waals surface area contributed by atoms with Crippen LogP contribution in [0, 0.1) is 17.7 Å². The highest BCUT2D eigenvalue weighted by atomic mass is 19.4. The maximum atomic E-state index is 13.3. The van der Waals surface area contributed by atoms with Gasteiger partial charge in [0.2, 0.25) is 0 Å². The van der Waals surface area contributed by atoms with E-state index in [1.165, 1.54) is 0 Å². The molecule has 0 saturated carbocycles. The minimum absolute atomic E-state index is 0.114. The molecular weight excluding hydrogens is 252 g/mol. The number of hydrogen-bond acceptors (Lipinski definition) is 2. The number of carbonyl (C=O) groups is 1. The monoisotopic (exact) mass is 260 g/mol. The van der Waals surface area contributed by atoms with Gasteiger partial charge in [0, 0.05) is 5.92 Å². The van der Waals surface area contributed by atoms with Crippen LogP contribution in [-0.2, 0) is 15.7 Å². The van der Waals surface area contributed by atoms with Crippen LogP contribution in [0.1, 0.15) is 18.1 Å². The molecule has 0 spiro atoms. The average Bonchev–Trinajstić information content (AvgIpc) is 2.26. The van der Waals surface area contributed by atoms with Crippen LogP contribution in [0.2, 0.25) is 0 Å². The Morgan fingerprint density at radius 2 is 2.06 bits per heavy atom. The first-order valence-corrected chi connectivity index (χ1v) is 4.90. The van der Waals surface area contributed by atoms with Gasteiger partial charge in [0.05, 0.1) is 17.7 Å². The smallest absolute Gasteiger partial charge is 0.416 e. The van der Waals surface area contributed by atoms with Gasteiger partial charge in [-0.25, -0.2) is 9.18 Å². The quantitative estimate of drug-likeness (QED) is 0.441. The summed E-state index contributed by atoms with van der Waals surface area (Å²) in [7, 11) is 0. The van der Waals surface area contributed by atoms with Crippen molar-refractivity contribution in [2.75, 3.05) is 6.61 Å². The summed E-state index contributed by atoms with van der Waals surface area (Å²) in [5.41, 5.74) is -1.40. The highest BCUT2D eigenvalue weighted by molar-refractivity contribution is 5.89. The highest BCUT2D eigenvalue weighted by Gasteiger charge is 2.31. The fraction of sp³-hybridized carbons (Fsp3) is 0.250. The largest absolute Gasteiger partial charge is 0.456 e. The molecule has 0 radical (unpaired) electrons. The van der Waals surface area contributed by atoms with Gasteiger partial charge in [-0.15, -0.1) is 0 Å². The van der Waals surface area contributed by atoms with Gasteiger partial charge >= 0.3 is 12.1 Å². The van der Waals surface area contributed by atoms with E-state index < -0.39 is 23.5 Å². The molecule has 0 fully saturated rings. The van der Waals surface area contributed by atoms with Crippen molar-refractivity contribution in [1.29, 1.82) is 0 Å². The maximum absolute atomic E-state index is 13.3. The van der Waals surface area contributed by atoms with Crippen molar-refractivity contribution in [2.24, 2.45) is 0 Å². The molecule has 0 atom stereocenters. The van der Waals surface area contributed by atoms with E-state index in [4.69, 9.17) is 0 Å². The lowest BCUT2D eigenvalue weighted by molar-refractivity contribution is -0.138. The third-order valence-corrected chi connectivity index (χ3v) is 1.87. The number of benzene rings is 1. The van der Waals surface area contributed by atoms with Crippen molar-refractivity contribution in [3.05, 3.63) is 35.1 Å². The summed E-state index contributed by atoms with van der Waals surface area (Å²) in [4.78, 5) is 10.9. The van der Waals surface area contributed by atoms with Gasteiger partial charge in [0.15, 0.2) is 0 Å². The lowest BCUT2D eigenvalue weighted by Crippen LogP contribution is -2.05. The summed E-state index contributed by atoms with van der Waals surface area (Å²) in [6.07, 6.45) is -4.62. The van der Waals surface area contributed by atoms with Crippen molar-refractivity contribution in [1.82, 2.24) is 0 Å². The molecule has 0 aromatic heterocycles. The van der Waals surface area contributed by atoms with E-state index in [9.17, 15) is 22.4 Å². The molecule has 1 rings (SSSR count). The minimum Gasteiger partial charge on any atom is -0.456 e. The van der Waals surface area contributed by atoms with Gasteiger partial charge in [-0.1, -0.05) is 5.92 Å². The van der Waals surface area contributed by atoms with Gasteiger partial charge in [-0.3, -0.25) is 0 Å². The van der Waals surface area contributed by atoms with E-state index >= 15 is 0 Å². The van der Waals surface area contributed by atoms with E-state index in [2.05, 4.69) is 10.7 Å². The molecule has 0 aliphatic carbocycles. The van der Waals surface area contributed by atoms with Crippen LogP contribution in [0.25, 0.3) is 0 Å². The molecule has 1 aromatic rings. The Hall–Kier alpha value is -2.03. The molecule has 0 N–H and O–H groups in total. The van der Waals surface area contributed by atoms with E-state index in [1.807, 2.05) is 5.92 Å². The highest BCUT2D eigenvalue weighted by Crippen LogP contribution is 2.29. The Balaban J connectivity index is 2.97. The van der Waals surface area contributed by atoms with Crippen molar-refractivity contribution in [3.8, 4) is 11.8 Å². The summed E-state index contributed by atoms with van der Waals surface area (Å²) in [5, 5.41) is 0. The first-order valence-electron chi connectivity index (χ1n) is 4.90. The second kappa shape index (κ2) is 5.54. The zero-order valence-corrected chi connectivity index (χ0v) is 9.27. The van der Waals surface area contributed by atoms with E-state index in [0.717, 1.165) is 6.07 Å². The second-order valence-electron chi connectivity index (χ2n) is 3.16. The van der Waals surface area contributed by atoms with E-state index in [0.29, 0.717) is 12.1 Å². The molecule has 0 bridgehead atoms. The first-order chi connectivity index (χ1) is 8.34. The predicted molar refractivity (Wildman–Crippen MR) is 54.9 cm³/mol. The number of hydrogen-bond donors (Lipinski definition) is 0. The zero-order chi connectivity index (χ0) is 13.8. The average molecular weight is 260 g/mol. The standard InChI is InChI=1S/C12H8F4O2/c1-2-18-11(17)6-4-8-3-5-9(7-10(8)13)12(14,15)16/h3,5,7H,2H2,1H3. The molecule has 0 unspecified atom stereocenters. The maximum Gasteiger partial charge on any atom is 0.416 e. The Morgan fingerprint density at radius 3 is 2.56 bits per heavy atom. The van der Waals surface area contributed by atoms with Crippen LogP contribution in [0.3, 0.4) is 0 Å². The van der Waals surface area contributed by atoms with Crippen LogP contribution in [0.15, 0.2) is 18.2 Å². The number of esters is 1. The van der Waals surface area contributed by atoms with E-state index in [1.54, 1.807) is 6.92 Å². The van der Waals surface area contributed by atoms with Crippen molar-refractivity contribution in [3.63, 3.8) is 0 Å². The molecule has 6 heteroatoms. The molecule has 0 saturated heterocycles. The molecule has 18 heavy (non-hydrogen) atoms. The Morgan fingerprint density at radius 1 is 1.39 bits per heavy atom. The van der Waals surface area contributed by atoms with Gasteiger partial charge < -0.3 is 4.74 Å². The fourth-order valence-corrected chi connectivity index (χ4v) is 1.08. The van der Waals surface area contributed by atoms with Crippen LogP contribution >= 0.6 is 0 Å². The Bertz CT molecular complexity index is 509. The van der Waals surface area contributed by atoms with Crippen LogP contribution in [0.4, 0.5) is 17.6 Å². The molecule has 0 amide bonds. The summed E-state index contributed by atoms with van der Waals surface area (Å²) in [6.45, 7) is 1.68. The van der Waals surface area contributed by atoms with Gasteiger partial charge in [0.25, 0.3) is 0 Å². The number of alkyl halides is 3. The summed E-state index contributed by atoms with van der Waals surface area (Å²) < 4.78 is 54.4. The fourth-order valence-electron chi connectivity index (χ4n) is 1.08. The van der Waals surface area contributed by atoms with Crippen molar-refractivity contribution >= 4 is 5.97 Å². The third-order valence-electron chi connectivity index (χ3n) is 1.87. The Kier molecular flexibility index (Phi) is 4.32. The van der Waals surface area contributed by atoms with Crippen molar-refractivity contribution < 1.29 is 27.1 Å². The molecule has 1 aromatic carbocycles.